The van der Waals surface area contributed by atoms with E-state index in [2.05, 4.69) is 0 Å². The molecule has 13 heavy (non-hydrogen) atoms. The smallest absolute Gasteiger partial charge is 0.320 e. The number of nitrogens with zero attached hydrogens (tertiary/aromatic N) is 1. The Labute approximate surface area is 76.3 Å². The van der Waals surface area contributed by atoms with Gasteiger partial charge in [-0.05, 0) is 6.42 Å². The lowest BCUT2D eigenvalue weighted by Gasteiger charge is -2.15. The highest BCUT2D eigenvalue weighted by atomic mass is 16.5. The standard InChI is InChI=1S/C8H13NO4/c10-7(11)2-4-9-3-1-5-13-8(12)6-9/h1-6H2,(H,10,11). The molecular weight excluding hydrogens is 174 g/mol. The summed E-state index contributed by atoms with van der Waals surface area (Å²) >= 11 is 0. The van der Waals surface area contributed by atoms with Gasteiger partial charge in [-0.2, -0.15) is 0 Å². The number of ether oxygens (including phenoxy) is 1. The third kappa shape index (κ3) is 3.89. The molecule has 0 aliphatic carbocycles. The maximum atomic E-state index is 10.9. The van der Waals surface area contributed by atoms with Gasteiger partial charge in [0.15, 0.2) is 0 Å². The molecule has 5 heteroatoms. The molecule has 1 N–H and O–H groups in total. The van der Waals surface area contributed by atoms with E-state index in [0.29, 0.717) is 13.2 Å². The summed E-state index contributed by atoms with van der Waals surface area (Å²) in [4.78, 5) is 23.0. The number of hydrogen-bond donors (Lipinski definition) is 1. The molecule has 0 aromatic rings. The van der Waals surface area contributed by atoms with Gasteiger partial charge in [-0.15, -0.1) is 0 Å². The molecule has 1 aliphatic heterocycles. The summed E-state index contributed by atoms with van der Waals surface area (Å²) in [5.74, 6) is -1.10. The fraction of sp³-hybridized carbons (Fsp3) is 0.750. The molecule has 0 atom stereocenters. The second-order valence-corrected chi connectivity index (χ2v) is 2.99. The maximum Gasteiger partial charge on any atom is 0.320 e. The van der Waals surface area contributed by atoms with Crippen molar-refractivity contribution >= 4 is 11.9 Å². The van der Waals surface area contributed by atoms with Crippen LogP contribution in [0, 0.1) is 0 Å². The van der Waals surface area contributed by atoms with Crippen LogP contribution in [0.3, 0.4) is 0 Å². The van der Waals surface area contributed by atoms with Crippen LogP contribution in [-0.4, -0.2) is 48.2 Å². The van der Waals surface area contributed by atoms with Gasteiger partial charge in [0, 0.05) is 13.1 Å². The highest BCUT2D eigenvalue weighted by molar-refractivity contribution is 5.72. The maximum absolute atomic E-state index is 10.9. The van der Waals surface area contributed by atoms with E-state index in [9.17, 15) is 9.59 Å². The van der Waals surface area contributed by atoms with Crippen LogP contribution in [0.5, 0.6) is 0 Å². The summed E-state index contributed by atoms with van der Waals surface area (Å²) in [5.41, 5.74) is 0. The Hall–Kier alpha value is -1.10. The van der Waals surface area contributed by atoms with E-state index in [-0.39, 0.29) is 18.9 Å². The van der Waals surface area contributed by atoms with E-state index in [1.165, 1.54) is 0 Å². The van der Waals surface area contributed by atoms with E-state index >= 15 is 0 Å². The quantitative estimate of drug-likeness (QED) is 0.615. The van der Waals surface area contributed by atoms with Crippen molar-refractivity contribution in [3.8, 4) is 0 Å². The van der Waals surface area contributed by atoms with Gasteiger partial charge in [-0.25, -0.2) is 0 Å². The molecule has 0 bridgehead atoms. The van der Waals surface area contributed by atoms with Crippen LogP contribution in [0.1, 0.15) is 12.8 Å². The van der Waals surface area contributed by atoms with E-state index in [1.54, 1.807) is 0 Å². The van der Waals surface area contributed by atoms with Crippen molar-refractivity contribution < 1.29 is 19.4 Å². The fourth-order valence-corrected chi connectivity index (χ4v) is 1.23. The molecule has 74 valence electrons. The lowest BCUT2D eigenvalue weighted by Crippen LogP contribution is -2.31. The Morgan fingerprint density at radius 1 is 1.62 bits per heavy atom. The first kappa shape index (κ1) is 9.98. The van der Waals surface area contributed by atoms with Crippen molar-refractivity contribution in [2.24, 2.45) is 0 Å². The highest BCUT2D eigenvalue weighted by Crippen LogP contribution is 2.00. The molecule has 1 heterocycles. The average molecular weight is 187 g/mol. The van der Waals surface area contributed by atoms with Gasteiger partial charge in [0.1, 0.15) is 0 Å². The van der Waals surface area contributed by atoms with Gasteiger partial charge in [0.25, 0.3) is 0 Å². The van der Waals surface area contributed by atoms with Gasteiger partial charge >= 0.3 is 11.9 Å². The van der Waals surface area contributed by atoms with Crippen LogP contribution in [0.15, 0.2) is 0 Å². The number of carboxylic acids is 1. The third-order valence-electron chi connectivity index (χ3n) is 1.88. The zero-order valence-corrected chi connectivity index (χ0v) is 7.36. The number of carbonyl (C=O) groups is 2. The third-order valence-corrected chi connectivity index (χ3v) is 1.88. The molecule has 1 aliphatic rings. The second-order valence-electron chi connectivity index (χ2n) is 2.99. The van der Waals surface area contributed by atoms with Gasteiger partial charge in [0.2, 0.25) is 0 Å². The first-order valence-electron chi connectivity index (χ1n) is 4.28. The highest BCUT2D eigenvalue weighted by Gasteiger charge is 2.16. The van der Waals surface area contributed by atoms with Crippen LogP contribution >= 0.6 is 0 Å². The van der Waals surface area contributed by atoms with Gasteiger partial charge in [0.05, 0.1) is 19.6 Å². The first-order chi connectivity index (χ1) is 6.18. The van der Waals surface area contributed by atoms with Gasteiger partial charge < -0.3 is 9.84 Å². The van der Waals surface area contributed by atoms with Crippen molar-refractivity contribution in [2.45, 2.75) is 12.8 Å². The van der Waals surface area contributed by atoms with E-state index < -0.39 is 5.97 Å². The molecule has 0 spiro atoms. The molecule has 1 rings (SSSR count). The molecule has 5 nitrogen and oxygen atoms in total. The number of rotatable bonds is 3. The lowest BCUT2D eigenvalue weighted by atomic mass is 10.3. The number of carboxylic acid groups (broad SMARTS) is 1. The van der Waals surface area contributed by atoms with Crippen molar-refractivity contribution in [1.29, 1.82) is 0 Å². The summed E-state index contributed by atoms with van der Waals surface area (Å²) in [6.07, 6.45) is 0.860. The molecule has 0 amide bonds. The Morgan fingerprint density at radius 3 is 3.08 bits per heavy atom. The lowest BCUT2D eigenvalue weighted by molar-refractivity contribution is -0.144. The molecule has 0 unspecified atom stereocenters. The van der Waals surface area contributed by atoms with Crippen molar-refractivity contribution in [1.82, 2.24) is 4.90 Å². The topological polar surface area (TPSA) is 66.8 Å². The Morgan fingerprint density at radius 2 is 2.38 bits per heavy atom. The van der Waals surface area contributed by atoms with Crippen molar-refractivity contribution in [3.05, 3.63) is 0 Å². The molecular formula is C8H13NO4. The number of hydrogen-bond acceptors (Lipinski definition) is 4. The van der Waals surface area contributed by atoms with Crippen LogP contribution in [0.25, 0.3) is 0 Å². The van der Waals surface area contributed by atoms with Crippen molar-refractivity contribution in [2.75, 3.05) is 26.2 Å². The molecule has 0 saturated carbocycles. The summed E-state index contributed by atoms with van der Waals surface area (Å²) in [6, 6.07) is 0. The number of esters is 1. The Kier molecular flexibility index (Phi) is 3.70. The molecule has 1 fully saturated rings. The number of aliphatic carboxylic acids is 1. The second kappa shape index (κ2) is 4.81. The van der Waals surface area contributed by atoms with Crippen LogP contribution in [0.2, 0.25) is 0 Å². The fourth-order valence-electron chi connectivity index (χ4n) is 1.23. The molecule has 0 radical (unpaired) electrons. The summed E-state index contributed by atoms with van der Waals surface area (Å²) < 4.78 is 4.81. The van der Waals surface area contributed by atoms with Crippen molar-refractivity contribution in [3.63, 3.8) is 0 Å². The largest absolute Gasteiger partial charge is 0.481 e. The van der Waals surface area contributed by atoms with Crippen LogP contribution in [-0.2, 0) is 14.3 Å². The zero-order chi connectivity index (χ0) is 9.68. The predicted octanol–water partition coefficient (Wildman–Crippen LogP) is -0.290. The minimum Gasteiger partial charge on any atom is -0.481 e. The van der Waals surface area contributed by atoms with Crippen LogP contribution < -0.4 is 0 Å². The normalized spacial score (nSPS) is 19.2. The average Bonchev–Trinajstić information content (AvgIpc) is 2.26. The molecule has 0 aromatic heterocycles. The van der Waals surface area contributed by atoms with E-state index in [1.807, 2.05) is 4.90 Å². The van der Waals surface area contributed by atoms with E-state index in [4.69, 9.17) is 9.84 Å². The molecule has 0 aromatic carbocycles. The summed E-state index contributed by atoms with van der Waals surface area (Å²) in [7, 11) is 0. The number of cyclic esters (lactones) is 1. The molecule has 1 saturated heterocycles. The minimum atomic E-state index is -0.836. The predicted molar refractivity (Wildman–Crippen MR) is 44.3 cm³/mol. The monoisotopic (exact) mass is 187 g/mol. The first-order valence-corrected chi connectivity index (χ1v) is 4.28. The van der Waals surface area contributed by atoms with E-state index in [0.717, 1.165) is 13.0 Å². The SMILES string of the molecule is O=C(O)CCN1CCCOC(=O)C1. The Bertz CT molecular complexity index is 204. The van der Waals surface area contributed by atoms with Gasteiger partial charge in [-0.3, -0.25) is 14.5 Å². The summed E-state index contributed by atoms with van der Waals surface area (Å²) in [6.45, 7) is 1.82. The van der Waals surface area contributed by atoms with Crippen LogP contribution in [0.4, 0.5) is 0 Å². The minimum absolute atomic E-state index is 0.0767. The number of carbonyl (C=O) groups excluding carboxylic acids is 1. The Balaban J connectivity index is 2.30. The van der Waals surface area contributed by atoms with Gasteiger partial charge in [-0.1, -0.05) is 0 Å². The summed E-state index contributed by atoms with van der Waals surface area (Å²) in [5, 5.41) is 8.44. The zero-order valence-electron chi connectivity index (χ0n) is 7.36.